The van der Waals surface area contributed by atoms with Gasteiger partial charge in [-0.3, -0.25) is 4.79 Å². The van der Waals surface area contributed by atoms with Crippen LogP contribution in [-0.4, -0.2) is 37.4 Å². The van der Waals surface area contributed by atoms with Gasteiger partial charge < -0.3 is 10.1 Å². The summed E-state index contributed by atoms with van der Waals surface area (Å²) in [6.45, 7) is 1.42. The van der Waals surface area contributed by atoms with Gasteiger partial charge in [-0.1, -0.05) is 19.1 Å². The number of methoxy groups -OCH3 is 1. The number of nitrogens with one attached hydrogen (secondary N) is 1. The monoisotopic (exact) mass is 347 g/mol. The third kappa shape index (κ3) is 4.97. The average Bonchev–Trinajstić information content (AvgIpc) is 2.86. The minimum Gasteiger partial charge on any atom is -0.465 e. The summed E-state index contributed by atoms with van der Waals surface area (Å²) in [5.74, 6) is -3.53. The van der Waals surface area contributed by atoms with E-state index in [1.807, 2.05) is 6.92 Å². The van der Waals surface area contributed by atoms with Gasteiger partial charge in [0.25, 0.3) is 5.92 Å². The smallest absolute Gasteiger partial charge is 0.337 e. The number of ether oxygens (including phenoxy) is 1. The lowest BCUT2D eigenvalue weighted by Gasteiger charge is -2.15. The fraction of sp³-hybridized carbons (Fsp3) is 0.500. The van der Waals surface area contributed by atoms with Gasteiger partial charge in [0, 0.05) is 12.8 Å². The SMILES string of the molecule is COC(=O)c1ccc([C@H](C)CC(=O)[C@H]2CC(F)(F)CN2)cc1.Cl. The number of hydrogen-bond acceptors (Lipinski definition) is 4. The molecule has 0 amide bonds. The van der Waals surface area contributed by atoms with Crippen LogP contribution in [0.5, 0.6) is 0 Å². The van der Waals surface area contributed by atoms with E-state index in [9.17, 15) is 18.4 Å². The molecule has 1 aromatic carbocycles. The fourth-order valence-electron chi connectivity index (χ4n) is 2.57. The third-order valence-corrected chi connectivity index (χ3v) is 3.91. The van der Waals surface area contributed by atoms with Crippen LogP contribution in [0.15, 0.2) is 24.3 Å². The van der Waals surface area contributed by atoms with Crippen LogP contribution in [0.1, 0.15) is 41.6 Å². The molecular formula is C16H20ClF2NO3. The zero-order valence-electron chi connectivity index (χ0n) is 13.0. The number of halogens is 3. The second-order valence-corrected chi connectivity index (χ2v) is 5.68. The van der Waals surface area contributed by atoms with E-state index in [2.05, 4.69) is 10.1 Å². The molecule has 1 heterocycles. The summed E-state index contributed by atoms with van der Waals surface area (Å²) in [7, 11) is 1.31. The Hall–Kier alpha value is -1.53. The van der Waals surface area contributed by atoms with Crippen molar-refractivity contribution in [1.82, 2.24) is 5.32 Å². The highest BCUT2D eigenvalue weighted by Crippen LogP contribution is 2.28. The molecule has 0 aliphatic carbocycles. The van der Waals surface area contributed by atoms with E-state index >= 15 is 0 Å². The highest BCUT2D eigenvalue weighted by molar-refractivity contribution is 5.89. The molecule has 1 saturated heterocycles. The molecule has 0 radical (unpaired) electrons. The van der Waals surface area contributed by atoms with Gasteiger partial charge in [0.15, 0.2) is 5.78 Å². The number of carbonyl (C=O) groups is 2. The predicted molar refractivity (Wildman–Crippen MR) is 84.4 cm³/mol. The number of carbonyl (C=O) groups excluding carboxylic acids is 2. The van der Waals surface area contributed by atoms with E-state index < -0.39 is 30.9 Å². The number of hydrogen-bond donors (Lipinski definition) is 1. The second-order valence-electron chi connectivity index (χ2n) is 5.68. The fourth-order valence-corrected chi connectivity index (χ4v) is 2.57. The van der Waals surface area contributed by atoms with E-state index in [0.29, 0.717) is 5.56 Å². The van der Waals surface area contributed by atoms with Crippen LogP contribution in [0.3, 0.4) is 0 Å². The molecule has 0 saturated carbocycles. The van der Waals surface area contributed by atoms with Crippen LogP contribution in [-0.2, 0) is 9.53 Å². The molecule has 4 nitrogen and oxygen atoms in total. The van der Waals surface area contributed by atoms with Gasteiger partial charge >= 0.3 is 5.97 Å². The molecule has 2 rings (SSSR count). The predicted octanol–water partition coefficient (Wildman–Crippen LogP) is 2.95. The van der Waals surface area contributed by atoms with Gasteiger partial charge in [-0.25, -0.2) is 13.6 Å². The van der Waals surface area contributed by atoms with Crippen molar-refractivity contribution in [3.05, 3.63) is 35.4 Å². The van der Waals surface area contributed by atoms with Crippen molar-refractivity contribution in [1.29, 1.82) is 0 Å². The Morgan fingerprint density at radius 2 is 1.96 bits per heavy atom. The maximum absolute atomic E-state index is 13.1. The van der Waals surface area contributed by atoms with Crippen LogP contribution in [0, 0.1) is 0 Å². The van der Waals surface area contributed by atoms with Crippen LogP contribution < -0.4 is 5.32 Å². The molecule has 1 aliphatic heterocycles. The first-order chi connectivity index (χ1) is 10.3. The van der Waals surface area contributed by atoms with Crippen LogP contribution in [0.4, 0.5) is 8.78 Å². The topological polar surface area (TPSA) is 55.4 Å². The standard InChI is InChI=1S/C16H19F2NO3.ClH/c1-10(7-14(20)13-8-16(17,18)9-19-13)11-3-5-12(6-4-11)15(21)22-2;/h3-6,10,13,19H,7-9H2,1-2H3;1H/t10-,13-;/m1./s1. The lowest BCUT2D eigenvalue weighted by atomic mass is 9.92. The van der Waals surface area contributed by atoms with Crippen LogP contribution in [0.25, 0.3) is 0 Å². The molecule has 23 heavy (non-hydrogen) atoms. The summed E-state index contributed by atoms with van der Waals surface area (Å²) >= 11 is 0. The number of benzene rings is 1. The van der Waals surface area contributed by atoms with Crippen molar-refractivity contribution in [2.24, 2.45) is 0 Å². The maximum atomic E-state index is 13.1. The largest absolute Gasteiger partial charge is 0.465 e. The Balaban J connectivity index is 0.00000264. The van der Waals surface area contributed by atoms with Gasteiger partial charge in [-0.15, -0.1) is 12.4 Å². The Labute approximate surface area is 140 Å². The Morgan fingerprint density at radius 3 is 2.43 bits per heavy atom. The van der Waals surface area contributed by atoms with Crippen molar-refractivity contribution < 1.29 is 23.1 Å². The number of rotatable bonds is 5. The van der Waals surface area contributed by atoms with Gasteiger partial charge in [-0.05, 0) is 23.6 Å². The molecule has 128 valence electrons. The first kappa shape index (κ1) is 19.5. The molecule has 1 fully saturated rings. The summed E-state index contributed by atoms with van der Waals surface area (Å²) in [5, 5.41) is 2.57. The normalized spacial score (nSPS) is 20.4. The lowest BCUT2D eigenvalue weighted by Crippen LogP contribution is -2.31. The van der Waals surface area contributed by atoms with Crippen molar-refractivity contribution in [3.63, 3.8) is 0 Å². The molecule has 0 bridgehead atoms. The van der Waals surface area contributed by atoms with Gasteiger partial charge in [0.1, 0.15) is 0 Å². The Kier molecular flexibility index (Phi) is 6.65. The lowest BCUT2D eigenvalue weighted by molar-refractivity contribution is -0.121. The number of alkyl halides is 2. The minimum absolute atomic E-state index is 0. The van der Waals surface area contributed by atoms with Crippen molar-refractivity contribution in [2.45, 2.75) is 37.6 Å². The highest BCUT2D eigenvalue weighted by atomic mass is 35.5. The van der Waals surface area contributed by atoms with E-state index in [1.54, 1.807) is 24.3 Å². The molecular weight excluding hydrogens is 328 g/mol. The van der Waals surface area contributed by atoms with E-state index in [0.717, 1.165) is 5.56 Å². The zero-order chi connectivity index (χ0) is 16.3. The zero-order valence-corrected chi connectivity index (χ0v) is 13.8. The van der Waals surface area contributed by atoms with E-state index in [1.165, 1.54) is 7.11 Å². The number of Topliss-reactive ketones (excluding diaryl/α,β-unsaturated/α-hetero) is 1. The summed E-state index contributed by atoms with van der Waals surface area (Å²) in [5.41, 5.74) is 1.31. The van der Waals surface area contributed by atoms with Gasteiger partial charge in [-0.2, -0.15) is 0 Å². The molecule has 1 aromatic rings. The van der Waals surface area contributed by atoms with E-state index in [4.69, 9.17) is 0 Å². The molecule has 1 N–H and O–H groups in total. The second kappa shape index (κ2) is 7.84. The maximum Gasteiger partial charge on any atom is 0.337 e. The van der Waals surface area contributed by atoms with Crippen molar-refractivity contribution >= 4 is 24.2 Å². The average molecular weight is 348 g/mol. The Morgan fingerprint density at radius 1 is 1.35 bits per heavy atom. The van der Waals surface area contributed by atoms with Gasteiger partial charge in [0.2, 0.25) is 0 Å². The first-order valence-corrected chi connectivity index (χ1v) is 7.14. The number of ketones is 1. The van der Waals surface area contributed by atoms with Gasteiger partial charge in [0.05, 0.1) is 25.3 Å². The van der Waals surface area contributed by atoms with Crippen LogP contribution in [0.2, 0.25) is 0 Å². The number of esters is 1. The van der Waals surface area contributed by atoms with E-state index in [-0.39, 0.29) is 30.5 Å². The van der Waals surface area contributed by atoms with Crippen LogP contribution >= 0.6 is 12.4 Å². The molecule has 2 atom stereocenters. The minimum atomic E-state index is -2.80. The summed E-state index contributed by atoms with van der Waals surface area (Å²) < 4.78 is 30.8. The highest BCUT2D eigenvalue weighted by Gasteiger charge is 2.42. The Bertz CT molecular complexity index is 563. The molecule has 1 aliphatic rings. The quantitative estimate of drug-likeness (QED) is 0.832. The third-order valence-electron chi connectivity index (χ3n) is 3.91. The molecule has 7 heteroatoms. The van der Waals surface area contributed by atoms with Crippen molar-refractivity contribution in [3.8, 4) is 0 Å². The van der Waals surface area contributed by atoms with Crippen molar-refractivity contribution in [2.75, 3.05) is 13.7 Å². The summed E-state index contributed by atoms with van der Waals surface area (Å²) in [6, 6.07) is 5.99. The molecule has 0 aromatic heterocycles. The molecule has 0 unspecified atom stereocenters. The first-order valence-electron chi connectivity index (χ1n) is 7.14. The summed E-state index contributed by atoms with van der Waals surface area (Å²) in [6.07, 6.45) is -0.245. The molecule has 0 spiro atoms. The summed E-state index contributed by atoms with van der Waals surface area (Å²) in [4.78, 5) is 23.4.